The molecule has 116 valence electrons. The first kappa shape index (κ1) is 16.2. The lowest BCUT2D eigenvalue weighted by Crippen LogP contribution is -2.56. The van der Waals surface area contributed by atoms with Crippen molar-refractivity contribution >= 4 is 13.5 Å². The minimum Gasteiger partial charge on any atom is -0.480 e. The van der Waals surface area contributed by atoms with Crippen LogP contribution in [0.1, 0.15) is 25.3 Å². The Morgan fingerprint density at radius 3 is 2.67 bits per heavy atom. The van der Waals surface area contributed by atoms with E-state index in [9.17, 15) is 19.4 Å². The minimum atomic E-state index is -3.85. The third kappa shape index (κ3) is 3.92. The number of ether oxygens (including phenoxy) is 1. The molecule has 0 amide bonds. The van der Waals surface area contributed by atoms with Gasteiger partial charge in [0.05, 0.1) is 12.3 Å². The van der Waals surface area contributed by atoms with Crippen LogP contribution in [-0.4, -0.2) is 34.2 Å². The fraction of sp³-hybridized carbons (Fsp3) is 0.500. The van der Waals surface area contributed by atoms with Crippen molar-refractivity contribution in [3.8, 4) is 0 Å². The van der Waals surface area contributed by atoms with Gasteiger partial charge in [0.25, 0.3) is 7.52 Å². The van der Waals surface area contributed by atoms with E-state index < -0.39 is 25.1 Å². The average molecular weight is 313 g/mol. The van der Waals surface area contributed by atoms with Crippen LogP contribution in [0.2, 0.25) is 0 Å². The van der Waals surface area contributed by atoms with Crippen LogP contribution in [0.4, 0.5) is 0 Å². The van der Waals surface area contributed by atoms with Crippen LogP contribution < -0.4 is 5.09 Å². The van der Waals surface area contributed by atoms with E-state index in [4.69, 9.17) is 4.74 Å². The highest BCUT2D eigenvalue weighted by atomic mass is 31.2. The molecule has 1 heterocycles. The monoisotopic (exact) mass is 313 g/mol. The number of aliphatic carboxylic acids is 1. The van der Waals surface area contributed by atoms with Gasteiger partial charge < -0.3 is 14.7 Å². The molecule has 3 unspecified atom stereocenters. The summed E-state index contributed by atoms with van der Waals surface area (Å²) in [6, 6.07) is 8.81. The fourth-order valence-electron chi connectivity index (χ4n) is 2.52. The van der Waals surface area contributed by atoms with Crippen molar-refractivity contribution in [1.29, 1.82) is 0 Å². The summed E-state index contributed by atoms with van der Waals surface area (Å²) in [5, 5.41) is 11.9. The molecule has 0 spiro atoms. The lowest BCUT2D eigenvalue weighted by Gasteiger charge is -2.33. The Morgan fingerprint density at radius 1 is 1.48 bits per heavy atom. The van der Waals surface area contributed by atoms with Gasteiger partial charge >= 0.3 is 5.97 Å². The zero-order valence-electron chi connectivity index (χ0n) is 11.9. The maximum absolute atomic E-state index is 12.4. The van der Waals surface area contributed by atoms with Crippen LogP contribution in [-0.2, 0) is 20.3 Å². The van der Waals surface area contributed by atoms with Crippen molar-refractivity contribution in [2.75, 3.05) is 6.61 Å². The van der Waals surface area contributed by atoms with Gasteiger partial charge in [0.1, 0.15) is 5.54 Å². The standard InChI is InChI=1S/C14H20NO5P/c1-14(13(16)17,12-8-5-9-20-12)15-21(18,19)10-11-6-3-2-4-7-11/h2-4,6-7,12H,5,8-10H2,1H3,(H,16,17)(H2,15,18,19). The Hall–Kier alpha value is -1.20. The van der Waals surface area contributed by atoms with Gasteiger partial charge in [-0.2, -0.15) is 0 Å². The molecule has 6 nitrogen and oxygen atoms in total. The highest BCUT2D eigenvalue weighted by molar-refractivity contribution is 7.55. The Balaban J connectivity index is 2.15. The van der Waals surface area contributed by atoms with Gasteiger partial charge in [0, 0.05) is 6.61 Å². The largest absolute Gasteiger partial charge is 0.480 e. The number of carbonyl (C=O) groups is 1. The molecule has 0 aromatic heterocycles. The molecular weight excluding hydrogens is 293 g/mol. The number of carboxylic acid groups (broad SMARTS) is 1. The maximum Gasteiger partial charge on any atom is 0.326 e. The molecule has 1 aliphatic rings. The number of rotatable bonds is 6. The Morgan fingerprint density at radius 2 is 2.14 bits per heavy atom. The van der Waals surface area contributed by atoms with Gasteiger partial charge in [-0.3, -0.25) is 9.36 Å². The maximum atomic E-state index is 12.4. The summed E-state index contributed by atoms with van der Waals surface area (Å²) in [6.45, 7) is 1.88. The lowest BCUT2D eigenvalue weighted by atomic mass is 9.94. The predicted octanol–water partition coefficient (Wildman–Crippen LogP) is 1.98. The molecule has 3 atom stereocenters. The summed E-state index contributed by atoms with van der Waals surface area (Å²) in [5.74, 6) is -1.18. The van der Waals surface area contributed by atoms with Gasteiger partial charge in [-0.15, -0.1) is 0 Å². The Bertz CT molecular complexity index is 544. The second-order valence-electron chi connectivity index (χ2n) is 5.47. The lowest BCUT2D eigenvalue weighted by molar-refractivity contribution is -0.148. The number of hydrogen-bond donors (Lipinski definition) is 3. The molecule has 0 saturated carbocycles. The average Bonchev–Trinajstić information content (AvgIpc) is 2.92. The molecule has 7 heteroatoms. The molecular formula is C14H20NO5P. The van der Waals surface area contributed by atoms with E-state index in [0.717, 1.165) is 6.42 Å². The Labute approximate surface area is 123 Å². The van der Waals surface area contributed by atoms with Crippen molar-refractivity contribution < 1.29 is 24.1 Å². The van der Waals surface area contributed by atoms with E-state index in [1.54, 1.807) is 24.3 Å². The van der Waals surface area contributed by atoms with Crippen LogP contribution in [0.5, 0.6) is 0 Å². The van der Waals surface area contributed by atoms with Crippen LogP contribution in [0.25, 0.3) is 0 Å². The quantitative estimate of drug-likeness (QED) is 0.695. The summed E-state index contributed by atoms with van der Waals surface area (Å²) in [4.78, 5) is 21.7. The van der Waals surface area contributed by atoms with Gasteiger partial charge in [-0.05, 0) is 25.3 Å². The zero-order valence-corrected chi connectivity index (χ0v) is 12.8. The molecule has 1 aliphatic heterocycles. The summed E-state index contributed by atoms with van der Waals surface area (Å²) in [6.07, 6.45) is 0.583. The molecule has 0 radical (unpaired) electrons. The van der Waals surface area contributed by atoms with Gasteiger partial charge in [0.15, 0.2) is 0 Å². The zero-order chi connectivity index (χ0) is 15.5. The molecule has 1 aromatic rings. The second-order valence-corrected chi connectivity index (χ2v) is 7.41. The molecule has 21 heavy (non-hydrogen) atoms. The minimum absolute atomic E-state index is 0.122. The fourth-order valence-corrected chi connectivity index (χ4v) is 4.27. The number of nitrogens with one attached hydrogen (secondary N) is 1. The van der Waals surface area contributed by atoms with Crippen LogP contribution in [0.3, 0.4) is 0 Å². The summed E-state index contributed by atoms with van der Waals surface area (Å²) in [5.41, 5.74) is -0.897. The number of benzene rings is 1. The normalized spacial score (nSPS) is 24.2. The highest BCUT2D eigenvalue weighted by Crippen LogP contribution is 2.44. The van der Waals surface area contributed by atoms with Crippen molar-refractivity contribution in [3.05, 3.63) is 35.9 Å². The van der Waals surface area contributed by atoms with E-state index in [-0.39, 0.29) is 6.16 Å². The van der Waals surface area contributed by atoms with Crippen molar-refractivity contribution in [1.82, 2.24) is 5.09 Å². The molecule has 2 rings (SSSR count). The third-order valence-electron chi connectivity index (χ3n) is 3.66. The first-order chi connectivity index (χ1) is 9.83. The molecule has 0 aliphatic carbocycles. The molecule has 1 saturated heterocycles. The van der Waals surface area contributed by atoms with E-state index in [2.05, 4.69) is 5.09 Å². The Kier molecular flexibility index (Phi) is 4.84. The van der Waals surface area contributed by atoms with Gasteiger partial charge in [0.2, 0.25) is 0 Å². The smallest absolute Gasteiger partial charge is 0.326 e. The number of carboxylic acids is 1. The van der Waals surface area contributed by atoms with E-state index in [1.807, 2.05) is 6.07 Å². The van der Waals surface area contributed by atoms with Gasteiger partial charge in [-0.1, -0.05) is 30.3 Å². The van der Waals surface area contributed by atoms with Crippen molar-refractivity contribution in [2.45, 2.75) is 37.6 Å². The number of hydrogen-bond acceptors (Lipinski definition) is 3. The first-order valence-corrected chi connectivity index (χ1v) is 8.68. The summed E-state index contributed by atoms with van der Waals surface area (Å²) in [7, 11) is -3.85. The molecule has 0 bridgehead atoms. The highest BCUT2D eigenvalue weighted by Gasteiger charge is 2.47. The summed E-state index contributed by atoms with van der Waals surface area (Å²) >= 11 is 0. The van der Waals surface area contributed by atoms with E-state index in [1.165, 1.54) is 6.92 Å². The predicted molar refractivity (Wildman–Crippen MR) is 78.1 cm³/mol. The van der Waals surface area contributed by atoms with Crippen molar-refractivity contribution in [2.24, 2.45) is 0 Å². The van der Waals surface area contributed by atoms with E-state index >= 15 is 0 Å². The van der Waals surface area contributed by atoms with Crippen LogP contribution >= 0.6 is 7.52 Å². The summed E-state index contributed by atoms with van der Waals surface area (Å²) < 4.78 is 17.8. The molecule has 1 aromatic carbocycles. The van der Waals surface area contributed by atoms with Crippen molar-refractivity contribution in [3.63, 3.8) is 0 Å². The first-order valence-electron chi connectivity index (χ1n) is 6.84. The second kappa shape index (κ2) is 6.28. The topological polar surface area (TPSA) is 95.9 Å². The molecule has 3 N–H and O–H groups in total. The SMILES string of the molecule is CC(NP(=O)(O)Cc1ccccc1)(C(=O)O)C1CCCO1. The van der Waals surface area contributed by atoms with E-state index in [0.29, 0.717) is 18.6 Å². The van der Waals surface area contributed by atoms with Crippen LogP contribution in [0.15, 0.2) is 30.3 Å². The van der Waals surface area contributed by atoms with Gasteiger partial charge in [-0.25, -0.2) is 5.09 Å². The van der Waals surface area contributed by atoms with Crippen LogP contribution in [0, 0.1) is 0 Å². The third-order valence-corrected chi connectivity index (χ3v) is 5.27. The molecule has 1 fully saturated rings.